The maximum absolute atomic E-state index is 4.58. The van der Waals surface area contributed by atoms with E-state index in [1.165, 1.54) is 60.1 Å². The normalized spacial score (nSPS) is 14.0. The van der Waals surface area contributed by atoms with Gasteiger partial charge < -0.3 is 0 Å². The first-order chi connectivity index (χ1) is 16.1. The zero-order chi connectivity index (χ0) is 22.2. The zero-order valence-corrected chi connectivity index (χ0v) is 18.8. The molecule has 1 heterocycles. The second-order valence-electron chi connectivity index (χ2n) is 9.63. The van der Waals surface area contributed by atoms with Crippen molar-refractivity contribution in [3.63, 3.8) is 0 Å². The molecule has 1 aliphatic carbocycles. The van der Waals surface area contributed by atoms with Gasteiger partial charge in [0.25, 0.3) is 0 Å². The van der Waals surface area contributed by atoms with E-state index in [1.807, 2.05) is 12.3 Å². The molecule has 1 aromatic heterocycles. The van der Waals surface area contributed by atoms with E-state index in [9.17, 15) is 0 Å². The molecule has 5 aromatic carbocycles. The van der Waals surface area contributed by atoms with Crippen LogP contribution in [0.2, 0.25) is 0 Å². The Bertz CT molecular complexity index is 1730. The number of benzene rings is 5. The molecule has 0 bridgehead atoms. The predicted molar refractivity (Wildman–Crippen MR) is 140 cm³/mol. The van der Waals surface area contributed by atoms with Crippen molar-refractivity contribution in [2.75, 3.05) is 0 Å². The Morgan fingerprint density at radius 3 is 1.73 bits per heavy atom. The molecule has 0 saturated heterocycles. The summed E-state index contributed by atoms with van der Waals surface area (Å²) in [5, 5.41) is 7.98. The summed E-state index contributed by atoms with van der Waals surface area (Å²) in [5.74, 6) is 0. The fraction of sp³-hybridized carbons (Fsp3) is 0.0938. The molecule has 6 aromatic rings. The molecule has 0 spiro atoms. The lowest BCUT2D eigenvalue weighted by Crippen LogP contribution is -2.15. The highest BCUT2D eigenvalue weighted by Gasteiger charge is 2.36. The summed E-state index contributed by atoms with van der Waals surface area (Å²) in [4.78, 5) is 4.58. The third-order valence-electron chi connectivity index (χ3n) is 7.50. The smallest absolute Gasteiger partial charge is 0.0702 e. The number of rotatable bonds is 1. The van der Waals surface area contributed by atoms with Crippen LogP contribution in [0.15, 0.2) is 103 Å². The average molecular weight is 422 g/mol. The summed E-state index contributed by atoms with van der Waals surface area (Å²) in [6, 6.07) is 35.5. The third-order valence-corrected chi connectivity index (χ3v) is 7.50. The second kappa shape index (κ2) is 6.52. The van der Waals surface area contributed by atoms with E-state index < -0.39 is 0 Å². The molecule has 156 valence electrons. The van der Waals surface area contributed by atoms with Crippen molar-refractivity contribution in [1.82, 2.24) is 4.98 Å². The van der Waals surface area contributed by atoms with Gasteiger partial charge in [-0.15, -0.1) is 0 Å². The van der Waals surface area contributed by atoms with E-state index in [1.54, 1.807) is 0 Å². The molecule has 1 nitrogen and oxygen atoms in total. The maximum atomic E-state index is 4.58. The van der Waals surface area contributed by atoms with E-state index >= 15 is 0 Å². The van der Waals surface area contributed by atoms with Gasteiger partial charge in [-0.1, -0.05) is 80.6 Å². The lowest BCUT2D eigenvalue weighted by atomic mass is 9.80. The molecule has 7 rings (SSSR count). The molecule has 0 unspecified atom stereocenters. The van der Waals surface area contributed by atoms with Gasteiger partial charge in [-0.05, 0) is 84.9 Å². The number of hydrogen-bond donors (Lipinski definition) is 0. The van der Waals surface area contributed by atoms with Crippen molar-refractivity contribution in [1.29, 1.82) is 0 Å². The van der Waals surface area contributed by atoms with Gasteiger partial charge in [-0.25, -0.2) is 0 Å². The van der Waals surface area contributed by atoms with Gasteiger partial charge in [0.05, 0.1) is 5.69 Å². The fourth-order valence-electron chi connectivity index (χ4n) is 5.83. The topological polar surface area (TPSA) is 12.9 Å². The van der Waals surface area contributed by atoms with Gasteiger partial charge >= 0.3 is 0 Å². The Balaban J connectivity index is 1.57. The van der Waals surface area contributed by atoms with E-state index in [4.69, 9.17) is 0 Å². The quantitative estimate of drug-likeness (QED) is 0.242. The molecule has 0 fully saturated rings. The molecule has 0 aliphatic heterocycles. The monoisotopic (exact) mass is 421 g/mol. The van der Waals surface area contributed by atoms with Crippen molar-refractivity contribution in [2.45, 2.75) is 19.3 Å². The largest absolute Gasteiger partial charge is 0.256 e. The van der Waals surface area contributed by atoms with Crippen LogP contribution in [-0.4, -0.2) is 4.98 Å². The Kier molecular flexibility index (Phi) is 3.67. The van der Waals surface area contributed by atoms with Gasteiger partial charge in [0.1, 0.15) is 0 Å². The molecule has 0 N–H and O–H groups in total. The summed E-state index contributed by atoms with van der Waals surface area (Å²) in [5.41, 5.74) is 7.61. The first kappa shape index (κ1) is 18.6. The Hall–Kier alpha value is -3.97. The summed E-state index contributed by atoms with van der Waals surface area (Å²) in [7, 11) is 0. The molecule has 0 amide bonds. The van der Waals surface area contributed by atoms with Gasteiger partial charge in [-0.2, -0.15) is 0 Å². The summed E-state index contributed by atoms with van der Waals surface area (Å²) in [6.07, 6.45) is 1.87. The van der Waals surface area contributed by atoms with Crippen LogP contribution in [0.4, 0.5) is 0 Å². The van der Waals surface area contributed by atoms with Gasteiger partial charge in [-0.3, -0.25) is 4.98 Å². The minimum atomic E-state index is -0.0730. The molecule has 1 heteroatoms. The van der Waals surface area contributed by atoms with Crippen LogP contribution < -0.4 is 0 Å². The minimum Gasteiger partial charge on any atom is -0.256 e. The lowest BCUT2D eigenvalue weighted by molar-refractivity contribution is 0.661. The van der Waals surface area contributed by atoms with Gasteiger partial charge in [0.15, 0.2) is 0 Å². The van der Waals surface area contributed by atoms with Crippen molar-refractivity contribution < 1.29 is 0 Å². The van der Waals surface area contributed by atoms with E-state index in [0.717, 1.165) is 5.69 Å². The first-order valence-electron chi connectivity index (χ1n) is 11.6. The fourth-order valence-corrected chi connectivity index (χ4v) is 5.83. The molecule has 0 radical (unpaired) electrons. The van der Waals surface area contributed by atoms with Crippen molar-refractivity contribution in [3.8, 4) is 22.4 Å². The SMILES string of the molecule is CC1(C)c2cc(-c3ccccn3)ccc2-c2cc3c4ccccc4c4ccccc4c3cc21. The van der Waals surface area contributed by atoms with Crippen LogP contribution in [0.5, 0.6) is 0 Å². The molecule has 0 saturated carbocycles. The average Bonchev–Trinajstić information content (AvgIpc) is 3.09. The van der Waals surface area contributed by atoms with Crippen molar-refractivity contribution in [3.05, 3.63) is 114 Å². The van der Waals surface area contributed by atoms with E-state index in [0.29, 0.717) is 0 Å². The van der Waals surface area contributed by atoms with Gasteiger partial charge in [0.2, 0.25) is 0 Å². The van der Waals surface area contributed by atoms with E-state index in [2.05, 4.69) is 110 Å². The number of aromatic nitrogens is 1. The van der Waals surface area contributed by atoms with Crippen LogP contribution >= 0.6 is 0 Å². The Morgan fingerprint density at radius 2 is 1.09 bits per heavy atom. The third kappa shape index (κ3) is 2.51. The highest BCUT2D eigenvalue weighted by Crippen LogP contribution is 2.52. The molecule has 0 atom stereocenters. The Morgan fingerprint density at radius 1 is 0.515 bits per heavy atom. The highest BCUT2D eigenvalue weighted by atomic mass is 14.7. The van der Waals surface area contributed by atoms with Crippen LogP contribution in [-0.2, 0) is 5.41 Å². The van der Waals surface area contributed by atoms with Crippen LogP contribution in [0, 0.1) is 0 Å². The van der Waals surface area contributed by atoms with E-state index in [-0.39, 0.29) is 5.41 Å². The van der Waals surface area contributed by atoms with Crippen LogP contribution in [0.1, 0.15) is 25.0 Å². The maximum Gasteiger partial charge on any atom is 0.0702 e. The molecule has 33 heavy (non-hydrogen) atoms. The molecular formula is C32H23N. The van der Waals surface area contributed by atoms with Crippen LogP contribution in [0.3, 0.4) is 0 Å². The number of hydrogen-bond acceptors (Lipinski definition) is 1. The summed E-state index contributed by atoms with van der Waals surface area (Å²) < 4.78 is 0. The molecular weight excluding hydrogens is 398 g/mol. The summed E-state index contributed by atoms with van der Waals surface area (Å²) in [6.45, 7) is 4.71. The predicted octanol–water partition coefficient (Wildman–Crippen LogP) is 8.51. The lowest BCUT2D eigenvalue weighted by Gasteiger charge is -2.23. The Labute approximate surface area is 193 Å². The number of pyridine rings is 1. The summed E-state index contributed by atoms with van der Waals surface area (Å²) >= 11 is 0. The van der Waals surface area contributed by atoms with Gasteiger partial charge in [0, 0.05) is 17.2 Å². The van der Waals surface area contributed by atoms with Crippen LogP contribution in [0.25, 0.3) is 54.7 Å². The first-order valence-corrected chi connectivity index (χ1v) is 11.6. The number of fused-ring (bicyclic) bond motifs is 9. The zero-order valence-electron chi connectivity index (χ0n) is 18.8. The second-order valence-corrected chi connectivity index (χ2v) is 9.63. The number of nitrogens with zero attached hydrogens (tertiary/aromatic N) is 1. The van der Waals surface area contributed by atoms with Crippen molar-refractivity contribution in [2.24, 2.45) is 0 Å². The minimum absolute atomic E-state index is 0.0730. The van der Waals surface area contributed by atoms with Crippen molar-refractivity contribution >= 4 is 32.3 Å². The molecule has 1 aliphatic rings. The highest BCUT2D eigenvalue weighted by molar-refractivity contribution is 6.26. The standard InChI is InChI=1S/C32H23N/c1-32(2)29-17-20(31-13-7-8-16-33-31)14-15-25(29)28-18-26-23-11-5-3-9-21(23)22-10-4-6-12-24(22)27(26)19-30(28)32/h3-19H,1-2H3.